The van der Waals surface area contributed by atoms with E-state index in [-0.39, 0.29) is 6.61 Å². The van der Waals surface area contributed by atoms with Gasteiger partial charge in [0.2, 0.25) is 0 Å². The Kier molecular flexibility index (Phi) is 4.56. The van der Waals surface area contributed by atoms with Crippen LogP contribution < -0.4 is 4.74 Å². The van der Waals surface area contributed by atoms with E-state index in [0.29, 0.717) is 11.3 Å². The molecule has 2 rings (SSSR count). The average Bonchev–Trinajstić information content (AvgIpc) is 2.45. The molecule has 0 aliphatic rings. The molecule has 3 nitrogen and oxygen atoms in total. The van der Waals surface area contributed by atoms with Crippen LogP contribution in [0.1, 0.15) is 17.2 Å². The van der Waals surface area contributed by atoms with E-state index in [1.807, 2.05) is 30.3 Å². The molecule has 0 aromatic heterocycles. The van der Waals surface area contributed by atoms with E-state index in [4.69, 9.17) is 10.00 Å². The second-order valence-corrected chi connectivity index (χ2v) is 4.94. The normalized spacial score (nSPS) is 11.6. The zero-order valence-electron chi connectivity index (χ0n) is 10.1. The summed E-state index contributed by atoms with van der Waals surface area (Å²) >= 11 is 3.36. The summed E-state index contributed by atoms with van der Waals surface area (Å²) in [5.41, 5.74) is 1.32. The van der Waals surface area contributed by atoms with Crippen LogP contribution in [0.4, 0.5) is 0 Å². The first kappa shape index (κ1) is 13.6. The lowest BCUT2D eigenvalue weighted by Crippen LogP contribution is -2.09. The van der Waals surface area contributed by atoms with Crippen LogP contribution in [0.3, 0.4) is 0 Å². The van der Waals surface area contributed by atoms with Gasteiger partial charge in [-0.05, 0) is 35.9 Å². The molecule has 0 aliphatic heterocycles. The average molecular weight is 318 g/mol. The van der Waals surface area contributed by atoms with Crippen LogP contribution in [-0.2, 0) is 0 Å². The maximum absolute atomic E-state index is 10.0. The molecule has 0 aliphatic carbocycles. The van der Waals surface area contributed by atoms with Crippen LogP contribution in [0.5, 0.6) is 5.75 Å². The second-order valence-electron chi connectivity index (χ2n) is 4.02. The summed E-state index contributed by atoms with van der Waals surface area (Å²) in [6.07, 6.45) is -0.705. The van der Waals surface area contributed by atoms with E-state index in [9.17, 15) is 5.11 Å². The molecule has 19 heavy (non-hydrogen) atoms. The quantitative estimate of drug-likeness (QED) is 0.939. The number of hydrogen-bond donors (Lipinski definition) is 1. The zero-order chi connectivity index (χ0) is 13.7. The molecule has 96 valence electrons. The fraction of sp³-hybridized carbons (Fsp3) is 0.133. The van der Waals surface area contributed by atoms with Crippen molar-refractivity contribution in [2.75, 3.05) is 6.61 Å². The molecular formula is C15H12BrNO2. The van der Waals surface area contributed by atoms with Crippen LogP contribution >= 0.6 is 15.9 Å². The molecule has 4 heteroatoms. The number of rotatable bonds is 4. The molecule has 0 spiro atoms. The first-order valence-electron chi connectivity index (χ1n) is 5.75. The molecule has 1 N–H and O–H groups in total. The van der Waals surface area contributed by atoms with Crippen LogP contribution in [0.15, 0.2) is 53.0 Å². The van der Waals surface area contributed by atoms with E-state index in [1.54, 1.807) is 24.3 Å². The minimum absolute atomic E-state index is 0.144. The van der Waals surface area contributed by atoms with Crippen LogP contribution in [-0.4, -0.2) is 11.7 Å². The second kappa shape index (κ2) is 6.37. The number of nitrogens with zero attached hydrogens (tertiary/aromatic N) is 1. The van der Waals surface area contributed by atoms with Gasteiger partial charge in [0.05, 0.1) is 11.6 Å². The van der Waals surface area contributed by atoms with Crippen LogP contribution in [0.2, 0.25) is 0 Å². The third-order valence-electron chi connectivity index (χ3n) is 2.60. The van der Waals surface area contributed by atoms with Gasteiger partial charge in [-0.25, -0.2) is 0 Å². The van der Waals surface area contributed by atoms with Crippen molar-refractivity contribution in [3.05, 3.63) is 64.1 Å². The van der Waals surface area contributed by atoms with Crippen LogP contribution in [0.25, 0.3) is 0 Å². The minimum atomic E-state index is -0.705. The van der Waals surface area contributed by atoms with Crippen LogP contribution in [0, 0.1) is 11.3 Å². The standard InChI is InChI=1S/C15H12BrNO2/c16-13-5-2-4-12(8-13)15(18)10-19-14-6-1-3-11(7-14)9-17/h1-8,15,18H,10H2. The Balaban J connectivity index is 2.00. The molecule has 2 aromatic carbocycles. The van der Waals surface area contributed by atoms with Crippen molar-refractivity contribution in [2.24, 2.45) is 0 Å². The highest BCUT2D eigenvalue weighted by Crippen LogP contribution is 2.20. The largest absolute Gasteiger partial charge is 0.490 e. The van der Waals surface area contributed by atoms with Gasteiger partial charge in [0.25, 0.3) is 0 Å². The summed E-state index contributed by atoms with van der Waals surface area (Å²) in [6, 6.07) is 16.3. The van der Waals surface area contributed by atoms with Crippen molar-refractivity contribution in [3.63, 3.8) is 0 Å². The minimum Gasteiger partial charge on any atom is -0.490 e. The molecule has 0 saturated carbocycles. The first-order valence-corrected chi connectivity index (χ1v) is 6.55. The van der Waals surface area contributed by atoms with Gasteiger partial charge in [-0.2, -0.15) is 5.26 Å². The lowest BCUT2D eigenvalue weighted by molar-refractivity contribution is 0.108. The molecule has 0 heterocycles. The van der Waals surface area contributed by atoms with Gasteiger partial charge in [-0.15, -0.1) is 0 Å². The van der Waals surface area contributed by atoms with Crippen molar-refractivity contribution in [3.8, 4) is 11.8 Å². The van der Waals surface area contributed by atoms with Crippen molar-refractivity contribution < 1.29 is 9.84 Å². The SMILES string of the molecule is N#Cc1cccc(OCC(O)c2cccc(Br)c2)c1. The fourth-order valence-corrected chi connectivity index (χ4v) is 2.06. The first-order chi connectivity index (χ1) is 9.19. The molecule has 0 radical (unpaired) electrons. The number of benzene rings is 2. The van der Waals surface area contributed by atoms with Gasteiger partial charge in [0.15, 0.2) is 0 Å². The maximum Gasteiger partial charge on any atom is 0.120 e. The lowest BCUT2D eigenvalue weighted by atomic mass is 10.1. The van der Waals surface area contributed by atoms with Gasteiger partial charge >= 0.3 is 0 Å². The van der Waals surface area contributed by atoms with Crippen molar-refractivity contribution in [1.29, 1.82) is 5.26 Å². The highest BCUT2D eigenvalue weighted by atomic mass is 79.9. The molecule has 0 amide bonds. The predicted molar refractivity (Wildman–Crippen MR) is 75.8 cm³/mol. The Labute approximate surface area is 120 Å². The Hall–Kier alpha value is -1.83. The molecule has 0 bridgehead atoms. The highest BCUT2D eigenvalue weighted by molar-refractivity contribution is 9.10. The molecule has 0 saturated heterocycles. The molecule has 0 fully saturated rings. The molecule has 1 atom stereocenters. The zero-order valence-corrected chi connectivity index (χ0v) is 11.7. The summed E-state index contributed by atoms with van der Waals surface area (Å²) in [5.74, 6) is 0.577. The summed E-state index contributed by atoms with van der Waals surface area (Å²) < 4.78 is 6.40. The molecular weight excluding hydrogens is 306 g/mol. The van der Waals surface area contributed by atoms with Crippen molar-refractivity contribution in [1.82, 2.24) is 0 Å². The molecule has 2 aromatic rings. The van der Waals surface area contributed by atoms with Crippen molar-refractivity contribution in [2.45, 2.75) is 6.10 Å². The maximum atomic E-state index is 10.0. The van der Waals surface area contributed by atoms with Gasteiger partial charge in [0.1, 0.15) is 18.5 Å². The number of aliphatic hydroxyl groups is 1. The fourth-order valence-electron chi connectivity index (χ4n) is 1.64. The summed E-state index contributed by atoms with van der Waals surface area (Å²) in [6.45, 7) is 0.144. The Morgan fingerprint density at radius 2 is 2.00 bits per heavy atom. The number of ether oxygens (including phenoxy) is 1. The topological polar surface area (TPSA) is 53.2 Å². The van der Waals surface area contributed by atoms with E-state index in [2.05, 4.69) is 15.9 Å². The van der Waals surface area contributed by atoms with E-state index < -0.39 is 6.10 Å². The highest BCUT2D eigenvalue weighted by Gasteiger charge is 2.09. The monoisotopic (exact) mass is 317 g/mol. The predicted octanol–water partition coefficient (Wildman–Crippen LogP) is 3.43. The Bertz CT molecular complexity index is 607. The Morgan fingerprint density at radius 1 is 1.21 bits per heavy atom. The number of aliphatic hydroxyl groups excluding tert-OH is 1. The Morgan fingerprint density at radius 3 is 2.74 bits per heavy atom. The smallest absolute Gasteiger partial charge is 0.120 e. The number of halogens is 1. The van der Waals surface area contributed by atoms with Gasteiger partial charge < -0.3 is 9.84 Å². The molecule has 1 unspecified atom stereocenters. The van der Waals surface area contributed by atoms with Crippen molar-refractivity contribution >= 4 is 15.9 Å². The van der Waals surface area contributed by atoms with Gasteiger partial charge in [-0.3, -0.25) is 0 Å². The third kappa shape index (κ3) is 3.82. The summed E-state index contributed by atoms with van der Waals surface area (Å²) in [7, 11) is 0. The van der Waals surface area contributed by atoms with E-state index >= 15 is 0 Å². The van der Waals surface area contributed by atoms with Gasteiger partial charge in [0, 0.05) is 4.47 Å². The summed E-state index contributed by atoms with van der Waals surface area (Å²) in [4.78, 5) is 0. The van der Waals surface area contributed by atoms with Gasteiger partial charge in [-0.1, -0.05) is 34.1 Å². The lowest BCUT2D eigenvalue weighted by Gasteiger charge is -2.13. The number of hydrogen-bond acceptors (Lipinski definition) is 3. The van der Waals surface area contributed by atoms with E-state index in [1.165, 1.54) is 0 Å². The summed E-state index contributed by atoms with van der Waals surface area (Å²) in [5, 5.41) is 18.8. The van der Waals surface area contributed by atoms with E-state index in [0.717, 1.165) is 10.0 Å². The number of nitriles is 1. The third-order valence-corrected chi connectivity index (χ3v) is 3.10.